The first kappa shape index (κ1) is 10.8. The average molecular weight is 191 g/mol. The van der Waals surface area contributed by atoms with Crippen LogP contribution in [-0.2, 0) is 11.2 Å². The lowest BCUT2D eigenvalue weighted by molar-refractivity contribution is -0.114. The first-order valence-corrected chi connectivity index (χ1v) is 4.95. The molecule has 14 heavy (non-hydrogen) atoms. The van der Waals surface area contributed by atoms with Gasteiger partial charge in [-0.05, 0) is 24.0 Å². The van der Waals surface area contributed by atoms with Crippen LogP contribution in [0.15, 0.2) is 24.3 Å². The standard InChI is InChI=1S/C12H17NO/c1-9(2)8-11-6-4-5-7-12(11)13-10(3)14/h4-7,9H,8H2,1-3H3,(H,13,14). The van der Waals surface area contributed by atoms with E-state index in [2.05, 4.69) is 25.2 Å². The van der Waals surface area contributed by atoms with Gasteiger partial charge in [-0.2, -0.15) is 0 Å². The summed E-state index contributed by atoms with van der Waals surface area (Å²) in [6.07, 6.45) is 0.996. The zero-order valence-corrected chi connectivity index (χ0v) is 9.00. The molecule has 1 aromatic carbocycles. The number of nitrogens with one attached hydrogen (secondary N) is 1. The smallest absolute Gasteiger partial charge is 0.221 e. The highest BCUT2D eigenvalue weighted by molar-refractivity contribution is 5.89. The summed E-state index contributed by atoms with van der Waals surface area (Å²) in [6.45, 7) is 5.88. The van der Waals surface area contributed by atoms with Gasteiger partial charge in [-0.25, -0.2) is 0 Å². The molecule has 1 rings (SSSR count). The minimum Gasteiger partial charge on any atom is -0.326 e. The summed E-state index contributed by atoms with van der Waals surface area (Å²) >= 11 is 0. The van der Waals surface area contributed by atoms with Crippen LogP contribution in [0.25, 0.3) is 0 Å². The van der Waals surface area contributed by atoms with Crippen LogP contribution in [0.4, 0.5) is 5.69 Å². The number of hydrogen-bond acceptors (Lipinski definition) is 1. The van der Waals surface area contributed by atoms with Crippen molar-refractivity contribution in [3.05, 3.63) is 29.8 Å². The highest BCUT2D eigenvalue weighted by Gasteiger charge is 2.04. The largest absolute Gasteiger partial charge is 0.326 e. The van der Waals surface area contributed by atoms with Crippen molar-refractivity contribution in [3.63, 3.8) is 0 Å². The minimum atomic E-state index is -0.0128. The molecule has 0 fully saturated rings. The normalized spacial score (nSPS) is 10.3. The fourth-order valence-electron chi connectivity index (χ4n) is 1.45. The molecule has 2 heteroatoms. The Hall–Kier alpha value is -1.31. The minimum absolute atomic E-state index is 0.0128. The Morgan fingerprint density at radius 1 is 1.36 bits per heavy atom. The topological polar surface area (TPSA) is 29.1 Å². The third-order valence-electron chi connectivity index (χ3n) is 1.96. The zero-order chi connectivity index (χ0) is 10.6. The van der Waals surface area contributed by atoms with Gasteiger partial charge in [0, 0.05) is 12.6 Å². The van der Waals surface area contributed by atoms with Gasteiger partial charge in [0.05, 0.1) is 0 Å². The van der Waals surface area contributed by atoms with Gasteiger partial charge in [-0.1, -0.05) is 32.0 Å². The van der Waals surface area contributed by atoms with E-state index in [0.29, 0.717) is 5.92 Å². The molecule has 0 saturated carbocycles. The zero-order valence-electron chi connectivity index (χ0n) is 9.00. The fraction of sp³-hybridized carbons (Fsp3) is 0.417. The molecule has 1 N–H and O–H groups in total. The molecule has 0 unspecified atom stereocenters. The van der Waals surface area contributed by atoms with Crippen LogP contribution in [0.5, 0.6) is 0 Å². The summed E-state index contributed by atoms with van der Waals surface area (Å²) in [6, 6.07) is 7.95. The van der Waals surface area contributed by atoms with Gasteiger partial charge in [-0.15, -0.1) is 0 Å². The molecular weight excluding hydrogens is 174 g/mol. The second-order valence-electron chi connectivity index (χ2n) is 3.94. The highest BCUT2D eigenvalue weighted by Crippen LogP contribution is 2.18. The summed E-state index contributed by atoms with van der Waals surface area (Å²) in [7, 11) is 0. The molecule has 76 valence electrons. The molecule has 0 saturated heterocycles. The van der Waals surface area contributed by atoms with E-state index >= 15 is 0 Å². The third-order valence-corrected chi connectivity index (χ3v) is 1.96. The number of hydrogen-bond donors (Lipinski definition) is 1. The van der Waals surface area contributed by atoms with Gasteiger partial charge in [0.2, 0.25) is 5.91 Å². The monoisotopic (exact) mass is 191 g/mol. The summed E-state index contributed by atoms with van der Waals surface area (Å²) in [4.78, 5) is 10.9. The molecule has 0 atom stereocenters. The summed E-state index contributed by atoms with van der Waals surface area (Å²) in [5.74, 6) is 0.589. The summed E-state index contributed by atoms with van der Waals surface area (Å²) in [5.41, 5.74) is 2.14. The Balaban J connectivity index is 2.85. The van der Waals surface area contributed by atoms with E-state index < -0.39 is 0 Å². The number of carbonyl (C=O) groups excluding carboxylic acids is 1. The maximum Gasteiger partial charge on any atom is 0.221 e. The van der Waals surface area contributed by atoms with Crippen molar-refractivity contribution in [1.29, 1.82) is 0 Å². The Kier molecular flexibility index (Phi) is 3.69. The van der Waals surface area contributed by atoms with Crippen molar-refractivity contribution in [1.82, 2.24) is 0 Å². The predicted molar refractivity (Wildman–Crippen MR) is 59.3 cm³/mol. The first-order valence-electron chi connectivity index (χ1n) is 4.95. The van der Waals surface area contributed by atoms with E-state index in [-0.39, 0.29) is 5.91 Å². The number of carbonyl (C=O) groups is 1. The molecule has 0 heterocycles. The Morgan fingerprint density at radius 3 is 2.57 bits per heavy atom. The van der Waals surface area contributed by atoms with Gasteiger partial charge in [-0.3, -0.25) is 4.79 Å². The van der Waals surface area contributed by atoms with Crippen LogP contribution >= 0.6 is 0 Å². The van der Waals surface area contributed by atoms with Gasteiger partial charge < -0.3 is 5.32 Å². The fourth-order valence-corrected chi connectivity index (χ4v) is 1.45. The molecule has 0 aliphatic heterocycles. The second kappa shape index (κ2) is 4.80. The molecule has 0 aliphatic carbocycles. The van der Waals surface area contributed by atoms with Crippen molar-refractivity contribution in [3.8, 4) is 0 Å². The molecule has 0 spiro atoms. The lowest BCUT2D eigenvalue weighted by atomic mass is 10.0. The lowest BCUT2D eigenvalue weighted by Gasteiger charge is -2.11. The predicted octanol–water partition coefficient (Wildman–Crippen LogP) is 2.84. The maximum absolute atomic E-state index is 10.9. The lowest BCUT2D eigenvalue weighted by Crippen LogP contribution is -2.09. The number of amides is 1. The SMILES string of the molecule is CC(=O)Nc1ccccc1CC(C)C. The highest BCUT2D eigenvalue weighted by atomic mass is 16.1. The molecule has 1 aromatic rings. The number of benzene rings is 1. The summed E-state index contributed by atoms with van der Waals surface area (Å²) < 4.78 is 0. The van der Waals surface area contributed by atoms with E-state index in [1.54, 1.807) is 0 Å². The van der Waals surface area contributed by atoms with Crippen molar-refractivity contribution < 1.29 is 4.79 Å². The Morgan fingerprint density at radius 2 is 2.00 bits per heavy atom. The third kappa shape index (κ3) is 3.21. The van der Waals surface area contributed by atoms with E-state index in [9.17, 15) is 4.79 Å². The average Bonchev–Trinajstić information content (AvgIpc) is 2.06. The Bertz CT molecular complexity index is 318. The quantitative estimate of drug-likeness (QED) is 0.782. The number of rotatable bonds is 3. The van der Waals surface area contributed by atoms with Crippen LogP contribution in [0.3, 0.4) is 0 Å². The molecule has 0 aliphatic rings. The van der Waals surface area contributed by atoms with E-state index in [4.69, 9.17) is 0 Å². The van der Waals surface area contributed by atoms with Gasteiger partial charge >= 0.3 is 0 Å². The summed E-state index contributed by atoms with van der Waals surface area (Å²) in [5, 5.41) is 2.84. The maximum atomic E-state index is 10.9. The van der Waals surface area contributed by atoms with Gasteiger partial charge in [0.15, 0.2) is 0 Å². The van der Waals surface area contributed by atoms with Crippen LogP contribution in [0.2, 0.25) is 0 Å². The molecule has 0 aromatic heterocycles. The second-order valence-corrected chi connectivity index (χ2v) is 3.94. The first-order chi connectivity index (χ1) is 6.59. The Labute approximate surface area is 85.3 Å². The molecular formula is C12H17NO. The van der Waals surface area contributed by atoms with Crippen molar-refractivity contribution in [2.24, 2.45) is 5.92 Å². The van der Waals surface area contributed by atoms with Crippen molar-refractivity contribution in [2.75, 3.05) is 5.32 Å². The van der Waals surface area contributed by atoms with Crippen molar-refractivity contribution in [2.45, 2.75) is 27.2 Å². The van der Waals surface area contributed by atoms with Gasteiger partial charge in [0.25, 0.3) is 0 Å². The number of para-hydroxylation sites is 1. The van der Waals surface area contributed by atoms with E-state index in [1.807, 2.05) is 18.2 Å². The molecule has 0 radical (unpaired) electrons. The number of anilines is 1. The van der Waals surface area contributed by atoms with Crippen LogP contribution in [-0.4, -0.2) is 5.91 Å². The van der Waals surface area contributed by atoms with Gasteiger partial charge in [0.1, 0.15) is 0 Å². The van der Waals surface area contributed by atoms with Crippen LogP contribution in [0, 0.1) is 5.92 Å². The van der Waals surface area contributed by atoms with E-state index in [0.717, 1.165) is 12.1 Å². The molecule has 1 amide bonds. The molecule has 0 bridgehead atoms. The van der Waals surface area contributed by atoms with E-state index in [1.165, 1.54) is 12.5 Å². The van der Waals surface area contributed by atoms with Crippen LogP contribution < -0.4 is 5.32 Å². The van der Waals surface area contributed by atoms with Crippen molar-refractivity contribution >= 4 is 11.6 Å². The van der Waals surface area contributed by atoms with Crippen LogP contribution in [0.1, 0.15) is 26.3 Å². The molecule has 2 nitrogen and oxygen atoms in total.